The minimum Gasteiger partial charge on any atom is -0.461 e. The van der Waals surface area contributed by atoms with Crippen molar-refractivity contribution >= 4 is 35.0 Å². The van der Waals surface area contributed by atoms with Crippen molar-refractivity contribution < 1.29 is 42.9 Å². The van der Waals surface area contributed by atoms with Crippen LogP contribution in [-0.2, 0) is 43.6 Å². The molecule has 3 heterocycles. The van der Waals surface area contributed by atoms with Crippen molar-refractivity contribution in [1.82, 2.24) is 4.90 Å². The first-order valence-corrected chi connectivity index (χ1v) is 13.7. The number of azide groups is 1. The van der Waals surface area contributed by atoms with Crippen molar-refractivity contribution in [3.8, 4) is 0 Å². The van der Waals surface area contributed by atoms with Gasteiger partial charge in [-0.3, -0.25) is 25.0 Å². The molecule has 17 heteroatoms. The lowest BCUT2D eigenvalue weighted by Gasteiger charge is -2.45. The molecule has 1 amide bonds. The average molecular weight is 633 g/mol. The lowest BCUT2D eigenvalue weighted by molar-refractivity contribution is -0.386. The second kappa shape index (κ2) is 13.2. The van der Waals surface area contributed by atoms with Crippen LogP contribution in [0.1, 0.15) is 36.0 Å². The van der Waals surface area contributed by atoms with Crippen LogP contribution in [0.15, 0.2) is 75.9 Å². The zero-order chi connectivity index (χ0) is 33.0. The number of furan rings is 1. The zero-order valence-electron chi connectivity index (χ0n) is 24.0. The molecule has 0 bridgehead atoms. The van der Waals surface area contributed by atoms with Crippen LogP contribution in [-0.4, -0.2) is 44.9 Å². The maximum absolute atomic E-state index is 13.4. The lowest BCUT2D eigenvalue weighted by atomic mass is 9.82. The maximum Gasteiger partial charge on any atom is 0.508 e. The molecule has 0 aliphatic carbocycles. The fourth-order valence-corrected chi connectivity index (χ4v) is 5.42. The van der Waals surface area contributed by atoms with Crippen molar-refractivity contribution in [3.63, 3.8) is 0 Å². The van der Waals surface area contributed by atoms with E-state index < -0.39 is 59.2 Å². The molecule has 3 atom stereocenters. The molecule has 1 saturated heterocycles. The normalized spacial score (nSPS) is 17.3. The number of amides is 1. The first-order valence-electron chi connectivity index (χ1n) is 13.7. The van der Waals surface area contributed by atoms with Gasteiger partial charge in [0, 0.05) is 29.0 Å². The number of nitro groups is 2. The number of hydrogen-bond donors (Lipinski definition) is 0. The molecule has 0 saturated carbocycles. The summed E-state index contributed by atoms with van der Waals surface area (Å²) in [6, 6.07) is 13.9. The standard InChI is InChI=1S/C29H24N6O11/c1-16(45-29(38)44-15-18-7-3-5-9-22(18)35(41)42)25-23-12-20(24-11-10-19(46-24)13-31-32-30)26(33(23)27(25)36)28(37)43-14-17-6-2-4-8-21(17)34(39)40/h2-11,16,23,25H,12-15H2,1H3/t16-,23-,25-/m1/s1. The summed E-state index contributed by atoms with van der Waals surface area (Å²) in [6.45, 7) is 0.486. The topological polar surface area (TPSA) is 230 Å². The fraction of sp³-hybridized carbons (Fsp3) is 0.276. The Labute approximate surface area is 258 Å². The monoisotopic (exact) mass is 632 g/mol. The van der Waals surface area contributed by atoms with Crippen LogP contribution in [0, 0.1) is 26.1 Å². The molecule has 2 aromatic carbocycles. The molecule has 0 radical (unpaired) electrons. The Bertz CT molecular complexity index is 1810. The van der Waals surface area contributed by atoms with E-state index in [4.69, 9.17) is 24.2 Å². The SMILES string of the molecule is C[C@@H](OC(=O)OCc1ccccc1[N+](=O)[O-])[C@H]1C(=O)N2C(C(=O)OCc3ccccc3[N+](=O)[O-])=C(c3ccc(CN=[N+]=[N-])o3)C[C@H]12. The Balaban J connectivity index is 1.32. The first kappa shape index (κ1) is 31.2. The van der Waals surface area contributed by atoms with Crippen molar-refractivity contribution in [1.29, 1.82) is 0 Å². The first-order chi connectivity index (χ1) is 22.1. The number of nitrogens with zero attached hydrogens (tertiary/aromatic N) is 6. The molecule has 3 aromatic rings. The maximum atomic E-state index is 13.4. The van der Waals surface area contributed by atoms with Crippen LogP contribution in [0.25, 0.3) is 16.0 Å². The van der Waals surface area contributed by atoms with E-state index in [0.717, 1.165) is 0 Å². The largest absolute Gasteiger partial charge is 0.508 e. The Morgan fingerprint density at radius 3 is 2.24 bits per heavy atom. The van der Waals surface area contributed by atoms with Crippen molar-refractivity contribution in [3.05, 3.63) is 120 Å². The Kier molecular flexibility index (Phi) is 8.95. The van der Waals surface area contributed by atoms with Gasteiger partial charge in [0.25, 0.3) is 11.4 Å². The van der Waals surface area contributed by atoms with Crippen molar-refractivity contribution in [2.75, 3.05) is 0 Å². The predicted octanol–water partition coefficient (Wildman–Crippen LogP) is 5.33. The van der Waals surface area contributed by atoms with E-state index in [1.165, 1.54) is 54.3 Å². The molecule has 2 aliphatic heterocycles. The van der Waals surface area contributed by atoms with Gasteiger partial charge in [0.1, 0.15) is 36.5 Å². The van der Waals surface area contributed by atoms with Gasteiger partial charge in [-0.25, -0.2) is 9.59 Å². The Morgan fingerprint density at radius 1 is 1.02 bits per heavy atom. The van der Waals surface area contributed by atoms with Gasteiger partial charge in [0.15, 0.2) is 0 Å². The molecular weight excluding hydrogens is 608 g/mol. The van der Waals surface area contributed by atoms with Gasteiger partial charge in [0.05, 0.1) is 39.5 Å². The molecule has 0 N–H and O–H groups in total. The van der Waals surface area contributed by atoms with Crippen LogP contribution < -0.4 is 0 Å². The van der Waals surface area contributed by atoms with Crippen LogP contribution in [0.4, 0.5) is 16.2 Å². The number of carbonyl (C=O) groups is 3. The number of ether oxygens (including phenoxy) is 3. The summed E-state index contributed by atoms with van der Waals surface area (Å²) in [6.07, 6.45) is -2.08. The third kappa shape index (κ3) is 6.20. The van der Waals surface area contributed by atoms with Crippen LogP contribution in [0.2, 0.25) is 0 Å². The quantitative estimate of drug-likeness (QED) is 0.0470. The lowest BCUT2D eigenvalue weighted by Crippen LogP contribution is -2.62. The van der Waals surface area contributed by atoms with Crippen molar-refractivity contribution in [2.45, 2.75) is 45.2 Å². The molecule has 17 nitrogen and oxygen atoms in total. The number of β-lactam (4-membered cyclic amide) rings is 1. The molecule has 46 heavy (non-hydrogen) atoms. The molecule has 0 spiro atoms. The zero-order valence-corrected chi connectivity index (χ0v) is 24.0. The smallest absolute Gasteiger partial charge is 0.461 e. The van der Waals surface area contributed by atoms with Crippen LogP contribution >= 0.6 is 0 Å². The Hall–Kier alpha value is -6.22. The van der Waals surface area contributed by atoms with Crippen LogP contribution in [0.5, 0.6) is 0 Å². The molecule has 236 valence electrons. The summed E-state index contributed by atoms with van der Waals surface area (Å²) < 4.78 is 21.6. The fourth-order valence-electron chi connectivity index (χ4n) is 5.42. The van der Waals surface area contributed by atoms with Gasteiger partial charge in [-0.15, -0.1) is 0 Å². The van der Waals surface area contributed by atoms with E-state index in [9.17, 15) is 34.6 Å². The molecule has 5 rings (SSSR count). The molecule has 2 aliphatic rings. The summed E-state index contributed by atoms with van der Waals surface area (Å²) in [5.74, 6) is -1.89. The molecule has 1 fully saturated rings. The van der Waals surface area contributed by atoms with Gasteiger partial charge < -0.3 is 23.5 Å². The number of para-hydroxylation sites is 2. The van der Waals surface area contributed by atoms with Gasteiger partial charge in [-0.05, 0) is 36.7 Å². The third-order valence-electron chi connectivity index (χ3n) is 7.52. The number of hydrogen-bond acceptors (Lipinski definition) is 12. The summed E-state index contributed by atoms with van der Waals surface area (Å²) in [7, 11) is 0. The predicted molar refractivity (Wildman–Crippen MR) is 154 cm³/mol. The van der Waals surface area contributed by atoms with Gasteiger partial charge in [-0.1, -0.05) is 29.4 Å². The van der Waals surface area contributed by atoms with E-state index in [0.29, 0.717) is 11.3 Å². The number of carbonyl (C=O) groups excluding carboxylic acids is 3. The number of fused-ring (bicyclic) bond motifs is 1. The van der Waals surface area contributed by atoms with Gasteiger partial charge >= 0.3 is 12.1 Å². The highest BCUT2D eigenvalue weighted by atomic mass is 16.7. The minimum atomic E-state index is -1.15. The second-order valence-corrected chi connectivity index (χ2v) is 10.2. The summed E-state index contributed by atoms with van der Waals surface area (Å²) in [5.41, 5.74) is 8.60. The summed E-state index contributed by atoms with van der Waals surface area (Å²) in [4.78, 5) is 64.7. The van der Waals surface area contributed by atoms with Crippen LogP contribution in [0.3, 0.4) is 0 Å². The molecule has 1 aromatic heterocycles. The Morgan fingerprint density at radius 2 is 1.63 bits per heavy atom. The van der Waals surface area contributed by atoms with E-state index in [-0.39, 0.29) is 46.9 Å². The highest BCUT2D eigenvalue weighted by Crippen LogP contribution is 2.48. The van der Waals surface area contributed by atoms with E-state index >= 15 is 0 Å². The number of benzene rings is 2. The number of nitro benzene ring substituents is 2. The minimum absolute atomic E-state index is 0.0970. The third-order valence-corrected chi connectivity index (χ3v) is 7.52. The average Bonchev–Trinajstić information content (AvgIpc) is 3.64. The molecule has 0 unspecified atom stereocenters. The van der Waals surface area contributed by atoms with E-state index in [2.05, 4.69) is 10.0 Å². The van der Waals surface area contributed by atoms with Crippen molar-refractivity contribution in [2.24, 2.45) is 11.0 Å². The highest BCUT2D eigenvalue weighted by molar-refractivity contribution is 6.06. The number of rotatable bonds is 12. The number of esters is 1. The summed E-state index contributed by atoms with van der Waals surface area (Å²) >= 11 is 0. The summed E-state index contributed by atoms with van der Waals surface area (Å²) in [5, 5.41) is 26.1. The molecular formula is C29H24N6O11. The van der Waals surface area contributed by atoms with Gasteiger partial charge in [0.2, 0.25) is 5.91 Å². The second-order valence-electron chi connectivity index (χ2n) is 10.2. The van der Waals surface area contributed by atoms with Gasteiger partial charge in [-0.2, -0.15) is 0 Å². The highest BCUT2D eigenvalue weighted by Gasteiger charge is 2.58. The van der Waals surface area contributed by atoms with E-state index in [1.54, 1.807) is 18.2 Å². The van der Waals surface area contributed by atoms with E-state index in [1.807, 2.05) is 0 Å².